The first kappa shape index (κ1) is 31.5. The fourth-order valence-electron chi connectivity index (χ4n) is 5.66. The number of ether oxygens (including phenoxy) is 2. The molecule has 0 aliphatic carbocycles. The lowest BCUT2D eigenvalue weighted by molar-refractivity contribution is -0.128. The molecule has 8 nitrogen and oxygen atoms in total. The summed E-state index contributed by atoms with van der Waals surface area (Å²) >= 11 is 0. The Morgan fingerprint density at radius 2 is 2.05 bits per heavy atom. The van der Waals surface area contributed by atoms with Crippen LogP contribution in [0, 0.1) is 30.6 Å². The number of fused-ring (bicyclic) bond motifs is 1. The van der Waals surface area contributed by atoms with Crippen molar-refractivity contribution in [3.8, 4) is 0 Å². The van der Waals surface area contributed by atoms with E-state index in [1.165, 1.54) is 16.8 Å². The molecule has 1 saturated heterocycles. The number of nitrogens with zero attached hydrogens (tertiary/aromatic N) is 2. The average molecular weight is 545 g/mol. The molecule has 5 atom stereocenters. The molecule has 3 rings (SSSR count). The van der Waals surface area contributed by atoms with Gasteiger partial charge >= 0.3 is 0 Å². The van der Waals surface area contributed by atoms with Crippen LogP contribution in [0.25, 0.3) is 5.65 Å². The van der Waals surface area contributed by atoms with E-state index in [0.29, 0.717) is 31.2 Å². The third-order valence-corrected chi connectivity index (χ3v) is 8.48. The maximum atomic E-state index is 13.0. The number of aromatic nitrogens is 2. The Labute approximate surface area is 235 Å². The minimum absolute atomic E-state index is 0.0160. The minimum atomic E-state index is -0.739. The number of aryl methyl sites for hydroxylation is 2. The zero-order valence-corrected chi connectivity index (χ0v) is 25.0. The molecular formula is C31H52N4O4. The molecule has 1 aliphatic rings. The first-order valence-electron chi connectivity index (χ1n) is 14.9. The number of carbonyl (C=O) groups excluding carboxylic acids is 1. The third kappa shape index (κ3) is 9.00. The van der Waals surface area contributed by atoms with Crippen molar-refractivity contribution in [2.45, 2.75) is 97.8 Å². The number of rotatable bonds is 16. The monoisotopic (exact) mass is 544 g/mol. The molecule has 3 heterocycles. The average Bonchev–Trinajstić information content (AvgIpc) is 3.55. The molecule has 0 spiro atoms. The summed E-state index contributed by atoms with van der Waals surface area (Å²) < 4.78 is 13.1. The van der Waals surface area contributed by atoms with Crippen LogP contribution in [-0.4, -0.2) is 65.5 Å². The first-order chi connectivity index (χ1) is 18.6. The van der Waals surface area contributed by atoms with Gasteiger partial charge in [0.05, 0.1) is 12.2 Å². The second kappa shape index (κ2) is 15.1. The van der Waals surface area contributed by atoms with E-state index in [1.807, 2.05) is 20.0 Å². The van der Waals surface area contributed by atoms with Gasteiger partial charge in [-0.1, -0.05) is 27.7 Å². The van der Waals surface area contributed by atoms with E-state index in [0.717, 1.165) is 51.0 Å². The summed E-state index contributed by atoms with van der Waals surface area (Å²) in [7, 11) is 1.73. The fourth-order valence-corrected chi connectivity index (χ4v) is 5.66. The Kier molecular flexibility index (Phi) is 12.2. The standard InChI is InChI=1S/C31H52N4O4/c1-20(2)23(14-24-19-35-25(9-7-11-38-6)17-33-30(35)13-22(24)5)15-28(32)29(36)16-27(21(3)4)31(37)34-18-26-10-8-12-39-26/h13,17,19-21,23,26-29,36H,7-12,14-16,18,32H2,1-6H3,(H,34,37). The second-order valence-corrected chi connectivity index (χ2v) is 12.2. The highest BCUT2D eigenvalue weighted by Gasteiger charge is 2.30. The first-order valence-corrected chi connectivity index (χ1v) is 14.9. The number of nitrogens with one attached hydrogen (secondary N) is 1. The number of hydrogen-bond acceptors (Lipinski definition) is 6. The van der Waals surface area contributed by atoms with Crippen molar-refractivity contribution < 1.29 is 19.4 Å². The Hall–Kier alpha value is -2.00. The number of pyridine rings is 1. The van der Waals surface area contributed by atoms with Gasteiger partial charge in [-0.05, 0) is 86.8 Å². The summed E-state index contributed by atoms with van der Waals surface area (Å²) in [6.45, 7) is 12.7. The van der Waals surface area contributed by atoms with E-state index in [-0.39, 0.29) is 23.8 Å². The normalized spacial score (nSPS) is 19.1. The molecule has 2 aromatic rings. The summed E-state index contributed by atoms with van der Waals surface area (Å²) in [6.07, 6.45) is 9.40. The third-order valence-electron chi connectivity index (χ3n) is 8.48. The van der Waals surface area contributed by atoms with Crippen LogP contribution in [0.1, 0.15) is 76.6 Å². The second-order valence-electron chi connectivity index (χ2n) is 12.2. The van der Waals surface area contributed by atoms with E-state index < -0.39 is 12.1 Å². The van der Waals surface area contributed by atoms with Gasteiger partial charge in [0.1, 0.15) is 5.65 Å². The van der Waals surface area contributed by atoms with Crippen molar-refractivity contribution in [3.05, 3.63) is 35.3 Å². The minimum Gasteiger partial charge on any atom is -0.391 e. The maximum absolute atomic E-state index is 13.0. The van der Waals surface area contributed by atoms with Gasteiger partial charge in [0, 0.05) is 56.9 Å². The summed E-state index contributed by atoms with van der Waals surface area (Å²) in [6, 6.07) is 1.76. The Balaban J connectivity index is 1.63. The molecule has 5 unspecified atom stereocenters. The zero-order valence-electron chi connectivity index (χ0n) is 25.0. The Morgan fingerprint density at radius 3 is 2.69 bits per heavy atom. The zero-order chi connectivity index (χ0) is 28.5. The molecule has 1 fully saturated rings. The van der Waals surface area contributed by atoms with Crippen LogP contribution in [0.2, 0.25) is 0 Å². The molecular weight excluding hydrogens is 492 g/mol. The van der Waals surface area contributed by atoms with Crippen LogP contribution in [0.15, 0.2) is 18.5 Å². The Morgan fingerprint density at radius 1 is 1.28 bits per heavy atom. The predicted octanol–water partition coefficient (Wildman–Crippen LogP) is 4.07. The Bertz CT molecular complexity index is 1030. The molecule has 4 N–H and O–H groups in total. The van der Waals surface area contributed by atoms with Gasteiger partial charge in [-0.25, -0.2) is 4.98 Å². The van der Waals surface area contributed by atoms with Crippen molar-refractivity contribution in [1.82, 2.24) is 14.7 Å². The fraction of sp³-hybridized carbons (Fsp3) is 0.742. The highest BCUT2D eigenvalue weighted by Crippen LogP contribution is 2.27. The summed E-state index contributed by atoms with van der Waals surface area (Å²) in [5.41, 5.74) is 11.3. The van der Waals surface area contributed by atoms with Crippen LogP contribution in [0.4, 0.5) is 0 Å². The lowest BCUT2D eigenvalue weighted by Gasteiger charge is -2.30. The molecule has 0 radical (unpaired) electrons. The molecule has 0 aromatic carbocycles. The lowest BCUT2D eigenvalue weighted by Crippen LogP contribution is -2.44. The number of amides is 1. The number of imidazole rings is 1. The van der Waals surface area contributed by atoms with Crippen LogP contribution in [0.3, 0.4) is 0 Å². The summed E-state index contributed by atoms with van der Waals surface area (Å²) in [5, 5.41) is 14.2. The van der Waals surface area contributed by atoms with Crippen molar-refractivity contribution in [2.24, 2.45) is 29.4 Å². The SMILES string of the molecule is COCCCc1cnc2cc(C)c(CC(CC(N)C(O)CC(C(=O)NCC3CCCO3)C(C)C)C(C)C)cn12. The van der Waals surface area contributed by atoms with E-state index in [9.17, 15) is 9.90 Å². The van der Waals surface area contributed by atoms with Crippen molar-refractivity contribution in [3.63, 3.8) is 0 Å². The molecule has 0 saturated carbocycles. The quantitative estimate of drug-likeness (QED) is 0.275. The van der Waals surface area contributed by atoms with E-state index in [2.05, 4.69) is 47.7 Å². The van der Waals surface area contributed by atoms with E-state index in [4.69, 9.17) is 15.2 Å². The smallest absolute Gasteiger partial charge is 0.223 e. The number of hydrogen-bond donors (Lipinski definition) is 3. The molecule has 39 heavy (non-hydrogen) atoms. The van der Waals surface area contributed by atoms with Gasteiger partial charge in [0.15, 0.2) is 0 Å². The van der Waals surface area contributed by atoms with Crippen LogP contribution in [0.5, 0.6) is 0 Å². The van der Waals surface area contributed by atoms with Crippen LogP contribution >= 0.6 is 0 Å². The molecule has 1 aliphatic heterocycles. The number of methoxy groups -OCH3 is 1. The number of carbonyl (C=O) groups is 1. The molecule has 220 valence electrons. The van der Waals surface area contributed by atoms with E-state index in [1.54, 1.807) is 7.11 Å². The van der Waals surface area contributed by atoms with Gasteiger partial charge < -0.3 is 30.0 Å². The maximum Gasteiger partial charge on any atom is 0.223 e. The number of nitrogens with two attached hydrogens (primary N) is 1. The van der Waals surface area contributed by atoms with Crippen LogP contribution < -0.4 is 11.1 Å². The topological polar surface area (TPSA) is 111 Å². The largest absolute Gasteiger partial charge is 0.391 e. The van der Waals surface area contributed by atoms with Gasteiger partial charge in [-0.15, -0.1) is 0 Å². The van der Waals surface area contributed by atoms with Crippen molar-refractivity contribution in [1.29, 1.82) is 0 Å². The van der Waals surface area contributed by atoms with Gasteiger partial charge in [-0.3, -0.25) is 4.79 Å². The number of aliphatic hydroxyl groups is 1. The molecule has 8 heteroatoms. The summed E-state index contributed by atoms with van der Waals surface area (Å²) in [5.74, 6) is 0.514. The highest BCUT2D eigenvalue weighted by atomic mass is 16.5. The van der Waals surface area contributed by atoms with Crippen molar-refractivity contribution in [2.75, 3.05) is 26.9 Å². The molecule has 2 aromatic heterocycles. The highest BCUT2D eigenvalue weighted by molar-refractivity contribution is 5.79. The van der Waals surface area contributed by atoms with Gasteiger partial charge in [-0.2, -0.15) is 0 Å². The van der Waals surface area contributed by atoms with Crippen LogP contribution in [-0.2, 0) is 27.1 Å². The number of aliphatic hydroxyl groups excluding tert-OH is 1. The van der Waals surface area contributed by atoms with E-state index >= 15 is 0 Å². The van der Waals surface area contributed by atoms with Gasteiger partial charge in [0.2, 0.25) is 5.91 Å². The van der Waals surface area contributed by atoms with Crippen molar-refractivity contribution >= 4 is 11.6 Å². The lowest BCUT2D eigenvalue weighted by atomic mass is 9.80. The summed E-state index contributed by atoms with van der Waals surface area (Å²) in [4.78, 5) is 17.6. The molecule has 1 amide bonds. The van der Waals surface area contributed by atoms with Gasteiger partial charge in [0.25, 0.3) is 0 Å². The predicted molar refractivity (Wildman–Crippen MR) is 156 cm³/mol. The molecule has 0 bridgehead atoms.